The number of nitrogens with one attached hydrogen (secondary N) is 2. The van der Waals surface area contributed by atoms with E-state index in [1.807, 2.05) is 35.1 Å². The number of hydrogen-bond donors (Lipinski definition) is 3. The second-order valence-electron chi connectivity index (χ2n) is 10.5. The van der Waals surface area contributed by atoms with Crippen LogP contribution < -0.4 is 20.0 Å². The predicted octanol–water partition coefficient (Wildman–Crippen LogP) is 1.25. The Labute approximate surface area is 234 Å². The number of carboxylic acids is 1. The molecule has 0 unspecified atom stereocenters. The van der Waals surface area contributed by atoms with E-state index >= 15 is 0 Å². The standard InChI is InChI=1S/C28H29N7O6/c1-16(36)35-8-6-17(7-9-35)28-27-19(20-11-22-18(10-23(20)41-2)12-31-34(22)35)4-3-5-21(27)33(32-28)15-25(38)29-13-24(37)30-14-26(39)40/h3-5,10-12,17H,6-9,13-15H2,1-2H3,(H2-,29,30,37,38,39,40)/p+1. The number of aliphatic carboxylic acids is 1. The van der Waals surface area contributed by atoms with Crippen molar-refractivity contribution >= 4 is 45.5 Å². The third kappa shape index (κ3) is 4.38. The number of fused-ring (bicyclic) bond motifs is 2. The SMILES string of the molecule is COc1cc2cnn3c2cc1-c1cccc2c1c(nn2CC(=O)NCC(=O)NCC(=O)O)C1CC[N+]3(C(C)=O)CC1. The molecule has 13 nitrogen and oxygen atoms in total. The summed E-state index contributed by atoms with van der Waals surface area (Å²) >= 11 is 0. The molecule has 0 atom stereocenters. The van der Waals surface area contributed by atoms with Gasteiger partial charge in [0.2, 0.25) is 11.8 Å². The highest BCUT2D eigenvalue weighted by atomic mass is 16.5. The lowest BCUT2D eigenvalue weighted by Gasteiger charge is -2.39. The average molecular weight is 561 g/mol. The molecule has 4 aromatic rings. The summed E-state index contributed by atoms with van der Waals surface area (Å²) in [6, 6.07) is 9.77. The van der Waals surface area contributed by atoms with Crippen LogP contribution in [0.1, 0.15) is 31.4 Å². The van der Waals surface area contributed by atoms with Gasteiger partial charge in [-0.1, -0.05) is 16.9 Å². The Kier molecular flexibility index (Phi) is 6.45. The first-order valence-corrected chi connectivity index (χ1v) is 13.4. The van der Waals surface area contributed by atoms with E-state index in [0.29, 0.717) is 31.7 Å². The van der Waals surface area contributed by atoms with Crippen LogP contribution in [0.2, 0.25) is 0 Å². The first-order chi connectivity index (χ1) is 19.7. The lowest BCUT2D eigenvalue weighted by Crippen LogP contribution is -2.65. The van der Waals surface area contributed by atoms with Crippen LogP contribution >= 0.6 is 0 Å². The normalized spacial score (nSPS) is 19.2. The fraction of sp³-hybridized carbons (Fsp3) is 0.357. The van der Waals surface area contributed by atoms with Gasteiger partial charge in [0.15, 0.2) is 0 Å². The first-order valence-electron chi connectivity index (χ1n) is 13.4. The topological polar surface area (TPSA) is 157 Å². The van der Waals surface area contributed by atoms with Crippen molar-refractivity contribution in [1.82, 2.24) is 34.9 Å². The number of carbonyl (C=O) groups excluding carboxylic acids is 3. The van der Waals surface area contributed by atoms with Gasteiger partial charge in [-0.3, -0.25) is 19.1 Å². The molecule has 0 radical (unpaired) electrons. The Bertz CT molecular complexity index is 1730. The van der Waals surface area contributed by atoms with E-state index in [4.69, 9.17) is 14.9 Å². The summed E-state index contributed by atoms with van der Waals surface area (Å²) in [6.45, 7) is 1.73. The fourth-order valence-corrected chi connectivity index (χ4v) is 6.13. The molecule has 13 heteroatoms. The van der Waals surface area contributed by atoms with Crippen LogP contribution in [0.3, 0.4) is 0 Å². The van der Waals surface area contributed by atoms with Gasteiger partial charge in [0.25, 0.3) is 0 Å². The molecule has 212 valence electrons. The van der Waals surface area contributed by atoms with Crippen LogP contribution in [-0.2, 0) is 25.7 Å². The fourth-order valence-electron chi connectivity index (χ4n) is 6.13. The van der Waals surface area contributed by atoms with E-state index in [1.54, 1.807) is 24.9 Å². The first kappa shape index (κ1) is 26.4. The van der Waals surface area contributed by atoms with Crippen molar-refractivity contribution in [2.75, 3.05) is 33.3 Å². The predicted molar refractivity (Wildman–Crippen MR) is 149 cm³/mol. The van der Waals surface area contributed by atoms with E-state index in [0.717, 1.165) is 38.6 Å². The Balaban J connectivity index is 1.45. The molecule has 4 bridgehead atoms. The van der Waals surface area contributed by atoms with Crippen molar-refractivity contribution in [3.05, 3.63) is 42.2 Å². The van der Waals surface area contributed by atoms with E-state index in [2.05, 4.69) is 15.7 Å². The molecule has 1 saturated heterocycles. The number of quaternary nitrogens is 1. The number of carbonyl (C=O) groups is 4. The molecule has 0 spiro atoms. The van der Waals surface area contributed by atoms with Gasteiger partial charge < -0.3 is 20.5 Å². The molecule has 3 aliphatic heterocycles. The molecule has 3 amide bonds. The molecule has 0 aliphatic carbocycles. The number of nitrogens with zero attached hydrogens (tertiary/aromatic N) is 5. The Hall–Kier alpha value is -4.78. The molecule has 0 saturated carbocycles. The minimum atomic E-state index is -1.17. The third-order valence-electron chi connectivity index (χ3n) is 8.17. The molecular formula is C28H30N7O6+. The van der Waals surface area contributed by atoms with Crippen LogP contribution in [-0.4, -0.2) is 81.8 Å². The second-order valence-corrected chi connectivity index (χ2v) is 10.5. The second kappa shape index (κ2) is 10.0. The van der Waals surface area contributed by atoms with Crippen molar-refractivity contribution in [2.24, 2.45) is 0 Å². The summed E-state index contributed by atoms with van der Waals surface area (Å²) < 4.78 is 7.55. The molecule has 5 heterocycles. The van der Waals surface area contributed by atoms with Gasteiger partial charge in [0.1, 0.15) is 37.4 Å². The summed E-state index contributed by atoms with van der Waals surface area (Å²) in [5.41, 5.74) is 4.18. The molecule has 3 N–H and O–H groups in total. The summed E-state index contributed by atoms with van der Waals surface area (Å²) in [7, 11) is 1.62. The number of aromatic nitrogens is 4. The van der Waals surface area contributed by atoms with Crippen molar-refractivity contribution in [3.63, 3.8) is 0 Å². The quantitative estimate of drug-likeness (QED) is 0.285. The monoisotopic (exact) mass is 560 g/mol. The number of amides is 3. The Morgan fingerprint density at radius 2 is 1.80 bits per heavy atom. The number of rotatable bonds is 7. The van der Waals surface area contributed by atoms with Gasteiger partial charge in [-0.25, -0.2) is 4.79 Å². The average Bonchev–Trinajstić information content (AvgIpc) is 3.55. The lowest BCUT2D eigenvalue weighted by molar-refractivity contribution is -0.138. The smallest absolute Gasteiger partial charge is 0.336 e. The van der Waals surface area contributed by atoms with Crippen LogP contribution in [0, 0.1) is 0 Å². The minimum Gasteiger partial charge on any atom is -0.496 e. The zero-order chi connectivity index (χ0) is 28.9. The number of carboxylic acid groups (broad SMARTS) is 1. The number of benzene rings is 2. The highest BCUT2D eigenvalue weighted by Gasteiger charge is 2.44. The van der Waals surface area contributed by atoms with E-state index < -0.39 is 24.3 Å². The molecule has 7 rings (SSSR count). The van der Waals surface area contributed by atoms with Crippen molar-refractivity contribution in [1.29, 1.82) is 0 Å². The van der Waals surface area contributed by atoms with E-state index in [1.165, 1.54) is 0 Å². The summed E-state index contributed by atoms with van der Waals surface area (Å²) in [6.07, 6.45) is 3.17. The molecule has 3 aliphatic rings. The lowest BCUT2D eigenvalue weighted by atomic mass is 9.88. The molecule has 2 aromatic carbocycles. The molecular weight excluding hydrogens is 530 g/mol. The zero-order valence-corrected chi connectivity index (χ0v) is 22.7. The molecule has 1 fully saturated rings. The van der Waals surface area contributed by atoms with Crippen molar-refractivity contribution < 1.29 is 29.0 Å². The Morgan fingerprint density at radius 1 is 1.05 bits per heavy atom. The zero-order valence-electron chi connectivity index (χ0n) is 22.7. The molecule has 41 heavy (non-hydrogen) atoms. The number of hydrogen-bond acceptors (Lipinski definition) is 7. The van der Waals surface area contributed by atoms with Crippen LogP contribution in [0.5, 0.6) is 5.75 Å². The van der Waals surface area contributed by atoms with Gasteiger partial charge in [-0.2, -0.15) is 5.10 Å². The highest BCUT2D eigenvalue weighted by molar-refractivity contribution is 6.02. The minimum absolute atomic E-state index is 0.0160. The third-order valence-corrected chi connectivity index (χ3v) is 8.17. The number of methoxy groups -OCH3 is 1. The van der Waals surface area contributed by atoms with E-state index in [9.17, 15) is 19.2 Å². The molecule has 2 aromatic heterocycles. The van der Waals surface area contributed by atoms with Gasteiger partial charge >= 0.3 is 11.9 Å². The van der Waals surface area contributed by atoms with Gasteiger partial charge in [-0.05, 0) is 23.8 Å². The van der Waals surface area contributed by atoms with Crippen LogP contribution in [0.25, 0.3) is 32.9 Å². The van der Waals surface area contributed by atoms with Crippen LogP contribution in [0.15, 0.2) is 36.5 Å². The highest BCUT2D eigenvalue weighted by Crippen LogP contribution is 2.44. The van der Waals surface area contributed by atoms with Gasteiger partial charge in [0.05, 0.1) is 38.0 Å². The van der Waals surface area contributed by atoms with Crippen molar-refractivity contribution in [3.8, 4) is 16.9 Å². The van der Waals surface area contributed by atoms with Gasteiger partial charge in [-0.15, -0.1) is 9.69 Å². The number of ether oxygens (including phenoxy) is 1. The van der Waals surface area contributed by atoms with Crippen LogP contribution in [0.4, 0.5) is 0 Å². The summed E-state index contributed by atoms with van der Waals surface area (Å²) in [4.78, 5) is 50.4. The maximum absolute atomic E-state index is 13.2. The largest absolute Gasteiger partial charge is 0.496 e. The van der Waals surface area contributed by atoms with Crippen molar-refractivity contribution in [2.45, 2.75) is 32.2 Å². The Morgan fingerprint density at radius 3 is 2.51 bits per heavy atom. The maximum atomic E-state index is 13.2. The van der Waals surface area contributed by atoms with E-state index in [-0.39, 0.29) is 29.5 Å². The summed E-state index contributed by atoms with van der Waals surface area (Å²) in [5, 5.41) is 24.9. The summed E-state index contributed by atoms with van der Waals surface area (Å²) in [5.74, 6) is -1.48. The number of piperidine rings is 1. The maximum Gasteiger partial charge on any atom is 0.336 e. The van der Waals surface area contributed by atoms with Gasteiger partial charge in [0, 0.05) is 35.1 Å².